The number of pyridine rings is 1. The minimum Gasteiger partial charge on any atom is -0.394 e. The molecule has 1 aromatic heterocycles. The lowest BCUT2D eigenvalue weighted by atomic mass is 9.97. The second kappa shape index (κ2) is 5.55. The molecule has 0 amide bonds. The van der Waals surface area contributed by atoms with Gasteiger partial charge in [-0.2, -0.15) is 0 Å². The Kier molecular flexibility index (Phi) is 4.02. The molecule has 0 spiro atoms. The number of rotatable bonds is 5. The van der Waals surface area contributed by atoms with E-state index in [0.29, 0.717) is 6.42 Å². The van der Waals surface area contributed by atoms with Crippen molar-refractivity contribution in [3.8, 4) is 0 Å². The van der Waals surface area contributed by atoms with E-state index in [2.05, 4.69) is 10.3 Å². The number of nitrogens with one attached hydrogen (secondary N) is 1. The summed E-state index contributed by atoms with van der Waals surface area (Å²) in [5.74, 6) is 0. The van der Waals surface area contributed by atoms with E-state index in [-0.39, 0.29) is 13.2 Å². The molecule has 0 bridgehead atoms. The van der Waals surface area contributed by atoms with Gasteiger partial charge in [-0.1, -0.05) is 25.1 Å². The van der Waals surface area contributed by atoms with Crippen molar-refractivity contribution in [2.75, 3.05) is 18.5 Å². The summed E-state index contributed by atoms with van der Waals surface area (Å²) in [6.07, 6.45) is 0.635. The molecule has 2 rings (SSSR count). The number of aliphatic hydroxyl groups is 2. The maximum Gasteiger partial charge on any atom is 0.0832 e. The van der Waals surface area contributed by atoms with Crippen molar-refractivity contribution in [1.82, 2.24) is 4.98 Å². The molecule has 102 valence electrons. The molecule has 0 unspecified atom stereocenters. The van der Waals surface area contributed by atoms with Crippen molar-refractivity contribution in [1.29, 1.82) is 0 Å². The van der Waals surface area contributed by atoms with Gasteiger partial charge in [-0.25, -0.2) is 0 Å². The Bertz CT molecular complexity index is 557. The molecule has 0 aliphatic rings. The first-order chi connectivity index (χ1) is 9.14. The molecule has 1 aromatic carbocycles. The molecule has 0 saturated carbocycles. The summed E-state index contributed by atoms with van der Waals surface area (Å²) in [6, 6.07) is 9.79. The van der Waals surface area contributed by atoms with Gasteiger partial charge in [-0.05, 0) is 25.5 Å². The van der Waals surface area contributed by atoms with Crippen LogP contribution in [0, 0.1) is 6.92 Å². The van der Waals surface area contributed by atoms with Crippen molar-refractivity contribution in [3.05, 3.63) is 36.0 Å². The second-order valence-electron chi connectivity index (χ2n) is 4.90. The van der Waals surface area contributed by atoms with E-state index in [1.54, 1.807) is 0 Å². The zero-order valence-corrected chi connectivity index (χ0v) is 11.3. The summed E-state index contributed by atoms with van der Waals surface area (Å²) in [4.78, 5) is 4.48. The summed E-state index contributed by atoms with van der Waals surface area (Å²) in [5, 5.41) is 23.4. The minimum absolute atomic E-state index is 0.115. The fraction of sp³-hybridized carbons (Fsp3) is 0.400. The summed E-state index contributed by atoms with van der Waals surface area (Å²) < 4.78 is 0. The van der Waals surface area contributed by atoms with Gasteiger partial charge in [0.05, 0.1) is 24.3 Å². The number of para-hydroxylation sites is 1. The highest BCUT2D eigenvalue weighted by atomic mass is 16.3. The maximum atomic E-state index is 9.54. The van der Waals surface area contributed by atoms with Crippen molar-refractivity contribution >= 4 is 16.6 Å². The third-order valence-corrected chi connectivity index (χ3v) is 3.53. The van der Waals surface area contributed by atoms with Gasteiger partial charge >= 0.3 is 0 Å². The molecule has 4 heteroatoms. The van der Waals surface area contributed by atoms with Crippen LogP contribution in [-0.2, 0) is 0 Å². The molecule has 0 saturated heterocycles. The lowest BCUT2D eigenvalue weighted by Gasteiger charge is -2.31. The number of hydrogen-bond acceptors (Lipinski definition) is 4. The normalized spacial score (nSPS) is 11.8. The van der Waals surface area contributed by atoms with Crippen LogP contribution in [-0.4, -0.2) is 33.9 Å². The van der Waals surface area contributed by atoms with E-state index < -0.39 is 5.54 Å². The zero-order valence-electron chi connectivity index (χ0n) is 11.3. The summed E-state index contributed by atoms with van der Waals surface area (Å²) in [7, 11) is 0. The number of benzene rings is 1. The van der Waals surface area contributed by atoms with E-state index in [1.165, 1.54) is 0 Å². The number of nitrogens with zero attached hydrogens (tertiary/aromatic N) is 1. The number of anilines is 1. The Morgan fingerprint density at radius 3 is 2.53 bits per heavy atom. The Balaban J connectivity index is 2.50. The van der Waals surface area contributed by atoms with Crippen LogP contribution in [0.3, 0.4) is 0 Å². The SMILES string of the molecule is CCC(CO)(CO)Nc1cc(C)nc2ccccc12. The van der Waals surface area contributed by atoms with Crippen LogP contribution in [0.4, 0.5) is 5.69 Å². The molecule has 2 aromatic rings. The summed E-state index contributed by atoms with van der Waals surface area (Å²) in [5.41, 5.74) is 2.01. The van der Waals surface area contributed by atoms with Gasteiger partial charge in [0.15, 0.2) is 0 Å². The van der Waals surface area contributed by atoms with Crippen molar-refractivity contribution < 1.29 is 10.2 Å². The van der Waals surface area contributed by atoms with E-state index >= 15 is 0 Å². The number of aliphatic hydroxyl groups excluding tert-OH is 2. The first kappa shape index (κ1) is 13.8. The zero-order chi connectivity index (χ0) is 13.9. The van der Waals surface area contributed by atoms with Crippen LogP contribution in [0.2, 0.25) is 0 Å². The van der Waals surface area contributed by atoms with Crippen molar-refractivity contribution in [2.24, 2.45) is 0 Å². The van der Waals surface area contributed by atoms with Gasteiger partial charge in [0.1, 0.15) is 0 Å². The molecular weight excluding hydrogens is 240 g/mol. The Labute approximate surface area is 113 Å². The molecule has 4 nitrogen and oxygen atoms in total. The first-order valence-electron chi connectivity index (χ1n) is 6.50. The second-order valence-corrected chi connectivity index (χ2v) is 4.90. The monoisotopic (exact) mass is 260 g/mol. The van der Waals surface area contributed by atoms with Crippen molar-refractivity contribution in [3.63, 3.8) is 0 Å². The fourth-order valence-corrected chi connectivity index (χ4v) is 2.14. The van der Waals surface area contributed by atoms with E-state index in [4.69, 9.17) is 0 Å². The van der Waals surface area contributed by atoms with Gasteiger partial charge in [-0.15, -0.1) is 0 Å². The Morgan fingerprint density at radius 1 is 1.21 bits per heavy atom. The number of fused-ring (bicyclic) bond motifs is 1. The minimum atomic E-state index is -0.698. The van der Waals surface area contributed by atoms with Crippen LogP contribution in [0.1, 0.15) is 19.0 Å². The Morgan fingerprint density at radius 2 is 1.89 bits per heavy atom. The predicted molar refractivity (Wildman–Crippen MR) is 77.3 cm³/mol. The van der Waals surface area contributed by atoms with Gasteiger partial charge in [-0.3, -0.25) is 4.98 Å². The quantitative estimate of drug-likeness (QED) is 0.770. The molecule has 3 N–H and O–H groups in total. The van der Waals surface area contributed by atoms with Crippen molar-refractivity contribution in [2.45, 2.75) is 25.8 Å². The third kappa shape index (κ3) is 2.69. The van der Waals surface area contributed by atoms with Gasteiger partial charge in [0, 0.05) is 16.8 Å². The first-order valence-corrected chi connectivity index (χ1v) is 6.50. The summed E-state index contributed by atoms with van der Waals surface area (Å²) >= 11 is 0. The molecule has 0 fully saturated rings. The van der Waals surface area contributed by atoms with Crippen LogP contribution in [0.25, 0.3) is 10.9 Å². The fourth-order valence-electron chi connectivity index (χ4n) is 2.14. The van der Waals surface area contributed by atoms with Crippen LogP contribution >= 0.6 is 0 Å². The molecule has 0 radical (unpaired) electrons. The number of aromatic nitrogens is 1. The van der Waals surface area contributed by atoms with Gasteiger partial charge in [0.25, 0.3) is 0 Å². The topological polar surface area (TPSA) is 65.4 Å². The number of hydrogen-bond donors (Lipinski definition) is 3. The van der Waals surface area contributed by atoms with Crippen LogP contribution in [0.5, 0.6) is 0 Å². The van der Waals surface area contributed by atoms with Gasteiger partial charge in [0.2, 0.25) is 0 Å². The molecule has 0 atom stereocenters. The summed E-state index contributed by atoms with van der Waals surface area (Å²) in [6.45, 7) is 3.64. The largest absolute Gasteiger partial charge is 0.394 e. The standard InChI is InChI=1S/C15H20N2O2/c1-3-15(9-18,10-19)17-14-8-11(2)16-13-7-5-4-6-12(13)14/h4-8,18-19H,3,9-10H2,1-2H3,(H,16,17). The molecular formula is C15H20N2O2. The van der Waals surface area contributed by atoms with Crippen LogP contribution < -0.4 is 5.32 Å². The highest BCUT2D eigenvalue weighted by Crippen LogP contribution is 2.26. The highest BCUT2D eigenvalue weighted by molar-refractivity contribution is 5.91. The van der Waals surface area contributed by atoms with E-state index in [9.17, 15) is 10.2 Å². The molecule has 19 heavy (non-hydrogen) atoms. The van der Waals surface area contributed by atoms with E-state index in [0.717, 1.165) is 22.3 Å². The lowest BCUT2D eigenvalue weighted by Crippen LogP contribution is -2.45. The molecule has 0 aliphatic heterocycles. The number of aryl methyl sites for hydroxylation is 1. The molecule has 1 heterocycles. The predicted octanol–water partition coefficient (Wildman–Crippen LogP) is 2.09. The molecule has 0 aliphatic carbocycles. The maximum absolute atomic E-state index is 9.54. The van der Waals surface area contributed by atoms with Gasteiger partial charge < -0.3 is 15.5 Å². The highest BCUT2D eigenvalue weighted by Gasteiger charge is 2.26. The van der Waals surface area contributed by atoms with E-state index in [1.807, 2.05) is 44.2 Å². The smallest absolute Gasteiger partial charge is 0.0832 e. The average Bonchev–Trinajstić information content (AvgIpc) is 2.44. The Hall–Kier alpha value is -1.65. The van der Waals surface area contributed by atoms with Crippen LogP contribution in [0.15, 0.2) is 30.3 Å². The average molecular weight is 260 g/mol. The lowest BCUT2D eigenvalue weighted by molar-refractivity contribution is 0.132. The third-order valence-electron chi connectivity index (χ3n) is 3.53.